The van der Waals surface area contributed by atoms with Gasteiger partial charge in [-0.1, -0.05) is 18.2 Å². The van der Waals surface area contributed by atoms with Gasteiger partial charge in [0, 0.05) is 46.5 Å². The molecule has 0 fully saturated rings. The van der Waals surface area contributed by atoms with Gasteiger partial charge in [0.1, 0.15) is 11.6 Å². The Bertz CT molecular complexity index is 708. The number of aliphatic imine (C=N–C) groups is 1. The second-order valence-corrected chi connectivity index (χ2v) is 6.30. The fraction of sp³-hybridized carbons (Fsp3) is 0.429. The predicted octanol–water partition coefficient (Wildman–Crippen LogP) is 3.14. The van der Waals surface area contributed by atoms with Gasteiger partial charge in [-0.25, -0.2) is 4.98 Å². The molecule has 2 aromatic rings. The van der Waals surface area contributed by atoms with Crippen LogP contribution in [0, 0.1) is 0 Å². The Balaban J connectivity index is 1.92. The molecule has 0 atom stereocenters. The molecule has 1 heterocycles. The Morgan fingerprint density at radius 2 is 1.74 bits per heavy atom. The van der Waals surface area contributed by atoms with Crippen LogP contribution < -0.4 is 15.0 Å². The van der Waals surface area contributed by atoms with E-state index in [9.17, 15) is 0 Å². The maximum Gasteiger partial charge on any atom is 0.193 e. The van der Waals surface area contributed by atoms with Gasteiger partial charge < -0.3 is 19.9 Å². The molecular formula is C21H31N5O. The number of hydrogen-bond donors (Lipinski definition) is 1. The van der Waals surface area contributed by atoms with Crippen molar-refractivity contribution in [3.63, 3.8) is 0 Å². The summed E-state index contributed by atoms with van der Waals surface area (Å²) in [5.41, 5.74) is 2.33. The Morgan fingerprint density at radius 3 is 2.26 bits per heavy atom. The van der Waals surface area contributed by atoms with Crippen LogP contribution in [0.25, 0.3) is 0 Å². The van der Waals surface area contributed by atoms with E-state index < -0.39 is 0 Å². The van der Waals surface area contributed by atoms with Crippen molar-refractivity contribution in [2.24, 2.45) is 4.99 Å². The summed E-state index contributed by atoms with van der Waals surface area (Å²) in [4.78, 5) is 13.3. The first-order valence-electron chi connectivity index (χ1n) is 9.35. The highest BCUT2D eigenvalue weighted by Crippen LogP contribution is 2.13. The number of ether oxygens (including phenoxy) is 1. The van der Waals surface area contributed by atoms with Crippen molar-refractivity contribution in [2.45, 2.75) is 26.9 Å². The Kier molecular flexibility index (Phi) is 7.92. The van der Waals surface area contributed by atoms with E-state index in [1.165, 1.54) is 5.56 Å². The third kappa shape index (κ3) is 5.88. The largest absolute Gasteiger partial charge is 0.497 e. The van der Waals surface area contributed by atoms with Crippen molar-refractivity contribution in [2.75, 3.05) is 39.2 Å². The molecule has 0 saturated carbocycles. The normalized spacial score (nSPS) is 11.2. The van der Waals surface area contributed by atoms with E-state index in [-0.39, 0.29) is 0 Å². The number of nitrogens with one attached hydrogen (secondary N) is 1. The molecule has 6 heteroatoms. The van der Waals surface area contributed by atoms with E-state index in [4.69, 9.17) is 4.74 Å². The molecule has 2 rings (SSSR count). The average molecular weight is 370 g/mol. The molecule has 0 spiro atoms. The number of hydrogen-bond acceptors (Lipinski definition) is 4. The molecule has 0 saturated heterocycles. The summed E-state index contributed by atoms with van der Waals surface area (Å²) >= 11 is 0. The summed E-state index contributed by atoms with van der Waals surface area (Å²) in [5.74, 6) is 2.73. The molecule has 146 valence electrons. The minimum Gasteiger partial charge on any atom is -0.497 e. The van der Waals surface area contributed by atoms with E-state index in [1.54, 1.807) is 14.2 Å². The second-order valence-electron chi connectivity index (χ2n) is 6.30. The zero-order valence-electron chi connectivity index (χ0n) is 17.1. The number of methoxy groups -OCH3 is 1. The number of rotatable bonds is 8. The van der Waals surface area contributed by atoms with E-state index in [0.29, 0.717) is 6.54 Å². The van der Waals surface area contributed by atoms with Gasteiger partial charge in [0.05, 0.1) is 7.11 Å². The number of guanidine groups is 1. The molecule has 1 aromatic carbocycles. The zero-order valence-corrected chi connectivity index (χ0v) is 17.1. The van der Waals surface area contributed by atoms with Crippen LogP contribution in [0.2, 0.25) is 0 Å². The summed E-state index contributed by atoms with van der Waals surface area (Å²) in [6.07, 6.45) is 1.93. The minimum absolute atomic E-state index is 0.686. The van der Waals surface area contributed by atoms with E-state index in [0.717, 1.165) is 42.7 Å². The van der Waals surface area contributed by atoms with Crippen LogP contribution in [0.5, 0.6) is 5.75 Å². The predicted molar refractivity (Wildman–Crippen MR) is 112 cm³/mol. The molecule has 0 aliphatic heterocycles. The first-order valence-corrected chi connectivity index (χ1v) is 9.35. The lowest BCUT2D eigenvalue weighted by Gasteiger charge is -2.23. The molecule has 27 heavy (non-hydrogen) atoms. The summed E-state index contributed by atoms with van der Waals surface area (Å²) in [6.45, 7) is 7.66. The van der Waals surface area contributed by atoms with Gasteiger partial charge in [-0.05, 0) is 43.2 Å². The van der Waals surface area contributed by atoms with Crippen molar-refractivity contribution in [3.05, 3.63) is 53.7 Å². The first kappa shape index (κ1) is 20.6. The summed E-state index contributed by atoms with van der Waals surface area (Å²) in [6, 6.07) is 12.3. The van der Waals surface area contributed by atoms with Gasteiger partial charge in [0.25, 0.3) is 0 Å². The third-order valence-corrected chi connectivity index (χ3v) is 4.50. The van der Waals surface area contributed by atoms with Crippen LogP contribution in [0.4, 0.5) is 5.82 Å². The minimum atomic E-state index is 0.686. The van der Waals surface area contributed by atoms with E-state index in [2.05, 4.69) is 63.2 Å². The summed E-state index contributed by atoms with van der Waals surface area (Å²) < 4.78 is 5.21. The highest BCUT2D eigenvalue weighted by molar-refractivity contribution is 5.79. The monoisotopic (exact) mass is 369 g/mol. The van der Waals surface area contributed by atoms with Crippen molar-refractivity contribution in [1.29, 1.82) is 0 Å². The fourth-order valence-electron chi connectivity index (χ4n) is 2.90. The number of benzene rings is 1. The second kappa shape index (κ2) is 10.4. The number of aromatic nitrogens is 1. The summed E-state index contributed by atoms with van der Waals surface area (Å²) in [5, 5.41) is 3.40. The molecular weight excluding hydrogens is 338 g/mol. The van der Waals surface area contributed by atoms with Gasteiger partial charge in [0.15, 0.2) is 5.96 Å². The quantitative estimate of drug-likeness (QED) is 0.572. The molecule has 0 aliphatic rings. The molecule has 0 radical (unpaired) electrons. The van der Waals surface area contributed by atoms with E-state index in [1.807, 2.05) is 25.4 Å². The highest BCUT2D eigenvalue weighted by Gasteiger charge is 2.08. The SMILES string of the molecule is CCN(CC)c1ccc(CNC(=NC)N(C)Cc2ccc(OC)cc2)cn1. The van der Waals surface area contributed by atoms with Gasteiger partial charge in [-0.15, -0.1) is 0 Å². The van der Waals surface area contributed by atoms with Crippen LogP contribution in [0.1, 0.15) is 25.0 Å². The molecule has 6 nitrogen and oxygen atoms in total. The fourth-order valence-corrected chi connectivity index (χ4v) is 2.90. The Hall–Kier alpha value is -2.76. The van der Waals surface area contributed by atoms with Crippen molar-refractivity contribution in [3.8, 4) is 5.75 Å². The molecule has 0 unspecified atom stereocenters. The Morgan fingerprint density at radius 1 is 1.07 bits per heavy atom. The van der Waals surface area contributed by atoms with Gasteiger partial charge >= 0.3 is 0 Å². The Labute approximate surface area is 162 Å². The average Bonchev–Trinajstić information content (AvgIpc) is 2.71. The maximum atomic E-state index is 5.21. The molecule has 0 bridgehead atoms. The van der Waals surface area contributed by atoms with Crippen LogP contribution in [-0.2, 0) is 13.1 Å². The van der Waals surface area contributed by atoms with Crippen LogP contribution >= 0.6 is 0 Å². The molecule has 1 aromatic heterocycles. The van der Waals surface area contributed by atoms with Crippen LogP contribution in [0.15, 0.2) is 47.6 Å². The molecule has 1 N–H and O–H groups in total. The molecule has 0 amide bonds. The van der Waals surface area contributed by atoms with E-state index >= 15 is 0 Å². The first-order chi connectivity index (χ1) is 13.1. The van der Waals surface area contributed by atoms with Crippen molar-refractivity contribution < 1.29 is 4.74 Å². The summed E-state index contributed by atoms with van der Waals surface area (Å²) in [7, 11) is 5.51. The van der Waals surface area contributed by atoms with Gasteiger partial charge in [-0.2, -0.15) is 0 Å². The number of nitrogens with zero attached hydrogens (tertiary/aromatic N) is 4. The zero-order chi connectivity index (χ0) is 19.6. The van der Waals surface area contributed by atoms with Crippen molar-refractivity contribution in [1.82, 2.24) is 15.2 Å². The number of pyridine rings is 1. The number of anilines is 1. The lowest BCUT2D eigenvalue weighted by atomic mass is 10.2. The van der Waals surface area contributed by atoms with Gasteiger partial charge in [-0.3, -0.25) is 4.99 Å². The molecule has 0 aliphatic carbocycles. The smallest absolute Gasteiger partial charge is 0.193 e. The standard InChI is InChI=1S/C21H31N5O/c1-6-26(7-2)20-13-10-18(14-23-20)15-24-21(22-3)25(4)16-17-8-11-19(27-5)12-9-17/h8-14H,6-7,15-16H2,1-5H3,(H,22,24). The van der Waals surface area contributed by atoms with Crippen molar-refractivity contribution >= 4 is 11.8 Å². The van der Waals surface area contributed by atoms with Crippen LogP contribution in [0.3, 0.4) is 0 Å². The van der Waals surface area contributed by atoms with Gasteiger partial charge in [0.2, 0.25) is 0 Å². The highest BCUT2D eigenvalue weighted by atomic mass is 16.5. The topological polar surface area (TPSA) is 53.0 Å². The third-order valence-electron chi connectivity index (χ3n) is 4.50. The van der Waals surface area contributed by atoms with Crippen LogP contribution in [-0.4, -0.2) is 50.1 Å². The lowest BCUT2D eigenvalue weighted by molar-refractivity contribution is 0.414. The maximum absolute atomic E-state index is 5.21. The lowest BCUT2D eigenvalue weighted by Crippen LogP contribution is -2.38.